The summed E-state index contributed by atoms with van der Waals surface area (Å²) in [6.07, 6.45) is 5.16. The van der Waals surface area contributed by atoms with Crippen molar-refractivity contribution in [2.75, 3.05) is 13.1 Å². The largest absolute Gasteiger partial charge is 0.490 e. The van der Waals surface area contributed by atoms with E-state index in [1.54, 1.807) is 12.4 Å². The maximum atomic E-state index is 12.5. The number of aryl methyl sites for hydroxylation is 1. The van der Waals surface area contributed by atoms with Crippen molar-refractivity contribution in [1.29, 1.82) is 0 Å². The Morgan fingerprint density at radius 2 is 1.91 bits per heavy atom. The lowest BCUT2D eigenvalue weighted by Crippen LogP contribution is -2.41. The number of carbonyl (C=O) groups excluding carboxylic acids is 1. The number of benzene rings is 1. The Morgan fingerprint density at radius 3 is 2.57 bits per heavy atom. The molecule has 1 aromatic carbocycles. The van der Waals surface area contributed by atoms with Crippen LogP contribution >= 0.6 is 15.9 Å². The van der Waals surface area contributed by atoms with Crippen LogP contribution in [0.4, 0.5) is 0 Å². The van der Waals surface area contributed by atoms with E-state index in [4.69, 9.17) is 4.74 Å². The second kappa shape index (κ2) is 7.13. The smallest absolute Gasteiger partial charge is 0.255 e. The van der Waals surface area contributed by atoms with Gasteiger partial charge >= 0.3 is 0 Å². The number of carbonyl (C=O) groups is 1. The number of aromatic nitrogens is 1. The number of hydrogen-bond donors (Lipinski definition) is 0. The SMILES string of the molecule is Cc1ccc(OC2CCN(C(=O)c3cncc(Br)c3)CC2)cc1. The van der Waals surface area contributed by atoms with Crippen molar-refractivity contribution in [3.05, 3.63) is 58.3 Å². The zero-order valence-corrected chi connectivity index (χ0v) is 14.6. The minimum Gasteiger partial charge on any atom is -0.490 e. The van der Waals surface area contributed by atoms with Gasteiger partial charge in [-0.1, -0.05) is 17.7 Å². The van der Waals surface area contributed by atoms with Crippen LogP contribution in [0.1, 0.15) is 28.8 Å². The number of halogens is 1. The summed E-state index contributed by atoms with van der Waals surface area (Å²) in [6, 6.07) is 9.91. The van der Waals surface area contributed by atoms with Gasteiger partial charge in [-0.15, -0.1) is 0 Å². The number of likely N-dealkylation sites (tertiary alicyclic amines) is 1. The van der Waals surface area contributed by atoms with Crippen LogP contribution < -0.4 is 4.74 Å². The Morgan fingerprint density at radius 1 is 1.22 bits per heavy atom. The topological polar surface area (TPSA) is 42.4 Å². The molecule has 0 bridgehead atoms. The van der Waals surface area contributed by atoms with E-state index in [0.29, 0.717) is 18.7 Å². The molecule has 0 unspecified atom stereocenters. The molecule has 3 rings (SSSR count). The van der Waals surface area contributed by atoms with Crippen molar-refractivity contribution in [3.8, 4) is 5.75 Å². The highest BCUT2D eigenvalue weighted by atomic mass is 79.9. The molecule has 4 nitrogen and oxygen atoms in total. The van der Waals surface area contributed by atoms with Crippen molar-refractivity contribution < 1.29 is 9.53 Å². The lowest BCUT2D eigenvalue weighted by molar-refractivity contribution is 0.0595. The first-order valence-corrected chi connectivity index (χ1v) is 8.54. The fraction of sp³-hybridized carbons (Fsp3) is 0.333. The molecule has 0 N–H and O–H groups in total. The molecule has 1 saturated heterocycles. The fourth-order valence-corrected chi connectivity index (χ4v) is 3.06. The molecule has 0 atom stereocenters. The molecule has 1 aromatic heterocycles. The lowest BCUT2D eigenvalue weighted by Gasteiger charge is -2.32. The summed E-state index contributed by atoms with van der Waals surface area (Å²) in [5, 5.41) is 0. The quantitative estimate of drug-likeness (QED) is 0.819. The minimum absolute atomic E-state index is 0.0348. The third-order valence-electron chi connectivity index (χ3n) is 4.00. The van der Waals surface area contributed by atoms with Gasteiger partial charge in [0.2, 0.25) is 0 Å². The van der Waals surface area contributed by atoms with Crippen LogP contribution in [0.2, 0.25) is 0 Å². The molecule has 1 aliphatic heterocycles. The first kappa shape index (κ1) is 16.0. The predicted molar refractivity (Wildman–Crippen MR) is 92.7 cm³/mol. The molecular weight excluding hydrogens is 356 g/mol. The van der Waals surface area contributed by atoms with Crippen LogP contribution in [-0.4, -0.2) is 35.0 Å². The number of amides is 1. The highest BCUT2D eigenvalue weighted by Gasteiger charge is 2.25. The van der Waals surface area contributed by atoms with E-state index in [0.717, 1.165) is 23.1 Å². The van der Waals surface area contributed by atoms with Gasteiger partial charge in [0.15, 0.2) is 0 Å². The van der Waals surface area contributed by atoms with Gasteiger partial charge in [-0.2, -0.15) is 0 Å². The average molecular weight is 375 g/mol. The van der Waals surface area contributed by atoms with Crippen LogP contribution in [0.25, 0.3) is 0 Å². The highest BCUT2D eigenvalue weighted by molar-refractivity contribution is 9.10. The number of ether oxygens (including phenoxy) is 1. The van der Waals surface area contributed by atoms with E-state index in [9.17, 15) is 4.79 Å². The summed E-state index contributed by atoms with van der Waals surface area (Å²) < 4.78 is 6.83. The summed E-state index contributed by atoms with van der Waals surface area (Å²) in [6.45, 7) is 3.48. The molecule has 23 heavy (non-hydrogen) atoms. The van der Waals surface area contributed by atoms with Crippen LogP contribution in [0.3, 0.4) is 0 Å². The Balaban J connectivity index is 1.55. The van der Waals surface area contributed by atoms with Crippen LogP contribution in [-0.2, 0) is 0 Å². The Bertz CT molecular complexity index is 680. The predicted octanol–water partition coefficient (Wildman–Crippen LogP) is 3.84. The maximum absolute atomic E-state index is 12.5. The molecule has 2 heterocycles. The van der Waals surface area contributed by atoms with Crippen molar-refractivity contribution >= 4 is 21.8 Å². The number of nitrogens with zero attached hydrogens (tertiary/aromatic N) is 2. The van der Waals surface area contributed by atoms with E-state index < -0.39 is 0 Å². The van der Waals surface area contributed by atoms with E-state index >= 15 is 0 Å². The molecule has 2 aromatic rings. The second-order valence-corrected chi connectivity index (χ2v) is 6.73. The maximum Gasteiger partial charge on any atom is 0.255 e. The first-order chi connectivity index (χ1) is 11.1. The fourth-order valence-electron chi connectivity index (χ4n) is 2.70. The summed E-state index contributed by atoms with van der Waals surface area (Å²) in [4.78, 5) is 18.4. The normalized spacial score (nSPS) is 15.5. The third kappa shape index (κ3) is 4.10. The Hall–Kier alpha value is -1.88. The van der Waals surface area contributed by atoms with Crippen molar-refractivity contribution in [1.82, 2.24) is 9.88 Å². The summed E-state index contributed by atoms with van der Waals surface area (Å²) in [7, 11) is 0. The Kier molecular flexibility index (Phi) is 4.96. The zero-order chi connectivity index (χ0) is 16.2. The van der Waals surface area contributed by atoms with Gasteiger partial charge in [0.05, 0.1) is 5.56 Å². The van der Waals surface area contributed by atoms with E-state index in [2.05, 4.69) is 27.8 Å². The van der Waals surface area contributed by atoms with Gasteiger partial charge in [0.1, 0.15) is 11.9 Å². The molecule has 1 fully saturated rings. The van der Waals surface area contributed by atoms with Gasteiger partial charge in [-0.05, 0) is 41.1 Å². The van der Waals surface area contributed by atoms with E-state index in [-0.39, 0.29) is 12.0 Å². The summed E-state index contributed by atoms with van der Waals surface area (Å²) >= 11 is 3.35. The molecule has 1 amide bonds. The highest BCUT2D eigenvalue weighted by Crippen LogP contribution is 2.21. The van der Waals surface area contributed by atoms with Gasteiger partial charge in [0, 0.05) is 42.8 Å². The van der Waals surface area contributed by atoms with Crippen molar-refractivity contribution in [3.63, 3.8) is 0 Å². The van der Waals surface area contributed by atoms with Crippen LogP contribution in [0.15, 0.2) is 47.2 Å². The number of pyridine rings is 1. The average Bonchev–Trinajstić information content (AvgIpc) is 2.57. The van der Waals surface area contributed by atoms with Crippen molar-refractivity contribution in [2.24, 2.45) is 0 Å². The number of hydrogen-bond acceptors (Lipinski definition) is 3. The lowest BCUT2D eigenvalue weighted by atomic mass is 10.1. The van der Waals surface area contributed by atoms with E-state index in [1.165, 1.54) is 5.56 Å². The van der Waals surface area contributed by atoms with Crippen LogP contribution in [0, 0.1) is 6.92 Å². The number of piperidine rings is 1. The summed E-state index contributed by atoms with van der Waals surface area (Å²) in [5.74, 6) is 0.934. The van der Waals surface area contributed by atoms with Gasteiger partial charge in [-0.3, -0.25) is 9.78 Å². The van der Waals surface area contributed by atoms with Gasteiger partial charge in [-0.25, -0.2) is 0 Å². The van der Waals surface area contributed by atoms with Gasteiger partial charge in [0.25, 0.3) is 5.91 Å². The summed E-state index contributed by atoms with van der Waals surface area (Å²) in [5.41, 5.74) is 1.85. The van der Waals surface area contributed by atoms with Crippen LogP contribution in [0.5, 0.6) is 5.75 Å². The van der Waals surface area contributed by atoms with E-state index in [1.807, 2.05) is 35.2 Å². The molecule has 0 radical (unpaired) electrons. The first-order valence-electron chi connectivity index (χ1n) is 7.75. The number of rotatable bonds is 3. The minimum atomic E-state index is 0.0348. The molecule has 1 aliphatic rings. The second-order valence-electron chi connectivity index (χ2n) is 5.81. The molecule has 0 saturated carbocycles. The monoisotopic (exact) mass is 374 g/mol. The molecular formula is C18H19BrN2O2. The standard InChI is InChI=1S/C18H19BrN2O2/c1-13-2-4-16(5-3-13)23-17-6-8-21(9-7-17)18(22)14-10-15(19)12-20-11-14/h2-5,10-12,17H,6-9H2,1H3. The molecule has 0 aliphatic carbocycles. The zero-order valence-electron chi connectivity index (χ0n) is 13.0. The third-order valence-corrected chi connectivity index (χ3v) is 4.44. The molecule has 120 valence electrons. The Labute approximate surface area is 144 Å². The van der Waals surface area contributed by atoms with Crippen molar-refractivity contribution in [2.45, 2.75) is 25.9 Å². The molecule has 5 heteroatoms. The van der Waals surface area contributed by atoms with Gasteiger partial charge < -0.3 is 9.64 Å². The molecule has 0 spiro atoms.